The lowest BCUT2D eigenvalue weighted by atomic mass is 9.54. The summed E-state index contributed by atoms with van der Waals surface area (Å²) in [6.07, 6.45) is 0. The second-order valence-corrected chi connectivity index (χ2v) is 14.5. The largest absolute Gasteiger partial charge is 0.298 e. The normalized spacial score (nSPS) is 31.2. The average Bonchev–Trinajstić information content (AvgIpc) is 2.43. The van der Waals surface area contributed by atoms with E-state index in [0.717, 1.165) is 0 Å². The zero-order valence-electron chi connectivity index (χ0n) is 14.8. The minimum Gasteiger partial charge on any atom is -0.298 e. The van der Waals surface area contributed by atoms with Crippen LogP contribution in [0, 0.1) is 21.7 Å². The van der Waals surface area contributed by atoms with Gasteiger partial charge in [0.1, 0.15) is 20.0 Å². The molecule has 0 unspecified atom stereocenters. The molecule has 0 heterocycles. The third-order valence-corrected chi connectivity index (χ3v) is 14.5. The standard InChI is InChI=1S/C16H24Cl2O2S3/c1-11(2)9(19)12(3,4)15(11,17)21-23-22-16(18)13(5,6)10(20)14(16,7)8/h1-8H3. The van der Waals surface area contributed by atoms with E-state index >= 15 is 0 Å². The Morgan fingerprint density at radius 2 is 0.826 bits per heavy atom. The molecule has 0 radical (unpaired) electrons. The highest BCUT2D eigenvalue weighted by Crippen LogP contribution is 2.76. The van der Waals surface area contributed by atoms with Crippen molar-refractivity contribution in [1.82, 2.24) is 0 Å². The highest BCUT2D eigenvalue weighted by molar-refractivity contribution is 9.10. The van der Waals surface area contributed by atoms with Gasteiger partial charge in [0.25, 0.3) is 0 Å². The molecule has 132 valence electrons. The lowest BCUT2D eigenvalue weighted by Gasteiger charge is -2.62. The minimum atomic E-state index is -0.690. The van der Waals surface area contributed by atoms with Crippen LogP contribution in [0.15, 0.2) is 0 Å². The van der Waals surface area contributed by atoms with E-state index in [0.29, 0.717) is 0 Å². The van der Waals surface area contributed by atoms with E-state index in [2.05, 4.69) is 0 Å². The summed E-state index contributed by atoms with van der Waals surface area (Å²) >= 11 is 13.7. The van der Waals surface area contributed by atoms with Crippen LogP contribution in [-0.2, 0) is 9.59 Å². The topological polar surface area (TPSA) is 34.1 Å². The monoisotopic (exact) mass is 414 g/mol. The van der Waals surface area contributed by atoms with Crippen LogP contribution in [0.2, 0.25) is 0 Å². The van der Waals surface area contributed by atoms with E-state index in [4.69, 9.17) is 23.2 Å². The van der Waals surface area contributed by atoms with Crippen molar-refractivity contribution in [3.8, 4) is 0 Å². The van der Waals surface area contributed by atoms with Crippen molar-refractivity contribution in [2.24, 2.45) is 21.7 Å². The Kier molecular flexibility index (Phi) is 4.63. The maximum absolute atomic E-state index is 12.3. The van der Waals surface area contributed by atoms with Crippen molar-refractivity contribution in [2.45, 2.75) is 63.8 Å². The lowest BCUT2D eigenvalue weighted by Crippen LogP contribution is -2.69. The molecule has 0 atom stereocenters. The number of carbonyl (C=O) groups is 2. The van der Waals surface area contributed by atoms with Crippen LogP contribution in [0.4, 0.5) is 0 Å². The molecule has 0 amide bonds. The van der Waals surface area contributed by atoms with Gasteiger partial charge in [-0.2, -0.15) is 0 Å². The SMILES string of the molecule is CC1(C)C(=O)C(C)(C)C1(Cl)SSSC1(Cl)C(C)(C)C(=O)C1(C)C. The van der Waals surface area contributed by atoms with E-state index in [1.807, 2.05) is 55.4 Å². The molecule has 2 saturated carbocycles. The third-order valence-electron chi connectivity index (χ3n) is 5.78. The summed E-state index contributed by atoms with van der Waals surface area (Å²) in [4.78, 5) is 24.6. The lowest BCUT2D eigenvalue weighted by molar-refractivity contribution is -0.153. The maximum atomic E-state index is 12.3. The molecule has 2 nitrogen and oxygen atoms in total. The van der Waals surface area contributed by atoms with Gasteiger partial charge in [-0.1, -0.05) is 77.0 Å². The molecule has 0 aromatic heterocycles. The van der Waals surface area contributed by atoms with Crippen LogP contribution < -0.4 is 0 Å². The van der Waals surface area contributed by atoms with Gasteiger partial charge < -0.3 is 0 Å². The number of rotatable bonds is 4. The van der Waals surface area contributed by atoms with Crippen LogP contribution in [0.3, 0.4) is 0 Å². The van der Waals surface area contributed by atoms with E-state index in [9.17, 15) is 9.59 Å². The Hall–Kier alpha value is 0.970. The fraction of sp³-hybridized carbons (Fsp3) is 0.875. The Balaban J connectivity index is 2.12. The van der Waals surface area contributed by atoms with Crippen LogP contribution in [0.25, 0.3) is 0 Å². The molecule has 0 aromatic rings. The molecular formula is C16H24Cl2O2S3. The van der Waals surface area contributed by atoms with E-state index < -0.39 is 30.1 Å². The highest BCUT2D eigenvalue weighted by Gasteiger charge is 2.75. The van der Waals surface area contributed by atoms with Gasteiger partial charge in [0.2, 0.25) is 0 Å². The predicted octanol–water partition coefficient (Wildman–Crippen LogP) is 6.16. The Labute approximate surface area is 160 Å². The molecule has 0 bridgehead atoms. The summed E-state index contributed by atoms with van der Waals surface area (Å²) in [5.74, 6) is 0.358. The first-order valence-corrected chi connectivity index (χ1v) is 11.8. The molecule has 0 spiro atoms. The second kappa shape index (κ2) is 5.25. The van der Waals surface area contributed by atoms with Crippen molar-refractivity contribution >= 4 is 66.2 Å². The Morgan fingerprint density at radius 1 is 0.609 bits per heavy atom. The molecule has 7 heteroatoms. The number of hydrogen-bond acceptors (Lipinski definition) is 5. The fourth-order valence-corrected chi connectivity index (χ4v) is 12.4. The van der Waals surface area contributed by atoms with E-state index in [1.165, 1.54) is 31.4 Å². The van der Waals surface area contributed by atoms with Gasteiger partial charge in [0.05, 0.1) is 21.7 Å². The third kappa shape index (κ3) is 2.12. The first-order chi connectivity index (χ1) is 10.0. The summed E-state index contributed by atoms with van der Waals surface area (Å²) in [6, 6.07) is 0. The number of ketones is 2. The van der Waals surface area contributed by atoms with Crippen LogP contribution >= 0.6 is 54.6 Å². The Bertz CT molecular complexity index is 496. The highest BCUT2D eigenvalue weighted by atomic mass is 35.5. The summed E-state index contributed by atoms with van der Waals surface area (Å²) in [7, 11) is 4.48. The molecule has 2 aliphatic carbocycles. The summed E-state index contributed by atoms with van der Waals surface area (Å²) in [5.41, 5.74) is -2.35. The molecule has 2 fully saturated rings. The van der Waals surface area contributed by atoms with E-state index in [1.54, 1.807) is 0 Å². The fourth-order valence-electron chi connectivity index (χ4n) is 4.11. The van der Waals surface area contributed by atoms with Crippen molar-refractivity contribution in [3.05, 3.63) is 0 Å². The van der Waals surface area contributed by atoms with Gasteiger partial charge in [0.15, 0.2) is 0 Å². The first-order valence-electron chi connectivity index (χ1n) is 7.53. The van der Waals surface area contributed by atoms with Gasteiger partial charge >= 0.3 is 0 Å². The zero-order chi connectivity index (χ0) is 18.3. The molecule has 0 aromatic carbocycles. The van der Waals surface area contributed by atoms with Crippen LogP contribution in [-0.4, -0.2) is 20.0 Å². The van der Waals surface area contributed by atoms with Crippen molar-refractivity contribution in [2.75, 3.05) is 0 Å². The summed E-state index contributed by atoms with van der Waals surface area (Å²) < 4.78 is -1.38. The van der Waals surface area contributed by atoms with Crippen molar-refractivity contribution in [1.29, 1.82) is 0 Å². The maximum Gasteiger partial charge on any atom is 0.149 e. The molecule has 0 N–H and O–H groups in total. The molecule has 2 rings (SSSR count). The second-order valence-electron chi connectivity index (χ2n) is 8.58. The van der Waals surface area contributed by atoms with Crippen LogP contribution in [0.5, 0.6) is 0 Å². The molecule has 0 saturated heterocycles. The number of halogens is 2. The van der Waals surface area contributed by atoms with Gasteiger partial charge in [-0.05, 0) is 9.83 Å². The molecule has 23 heavy (non-hydrogen) atoms. The molecular weight excluding hydrogens is 391 g/mol. The van der Waals surface area contributed by atoms with Gasteiger partial charge in [-0.25, -0.2) is 0 Å². The number of carbonyl (C=O) groups excluding carboxylic acids is 2. The van der Waals surface area contributed by atoms with Crippen molar-refractivity contribution < 1.29 is 9.59 Å². The van der Waals surface area contributed by atoms with Gasteiger partial charge in [0, 0.05) is 0 Å². The zero-order valence-corrected chi connectivity index (χ0v) is 18.8. The summed E-state index contributed by atoms with van der Waals surface area (Å²) in [6.45, 7) is 15.1. The number of hydrogen-bond donors (Lipinski definition) is 0. The van der Waals surface area contributed by atoms with E-state index in [-0.39, 0.29) is 11.6 Å². The van der Waals surface area contributed by atoms with Gasteiger partial charge in [-0.15, -0.1) is 23.2 Å². The average molecular weight is 415 g/mol. The van der Waals surface area contributed by atoms with Gasteiger partial charge in [-0.3, -0.25) is 9.59 Å². The number of Topliss-reactive ketones (excluding diaryl/α,β-unsaturated/α-hetero) is 2. The first kappa shape index (κ1) is 20.3. The molecule has 0 aliphatic heterocycles. The molecule has 2 aliphatic rings. The predicted molar refractivity (Wildman–Crippen MR) is 105 cm³/mol. The summed E-state index contributed by atoms with van der Waals surface area (Å²) in [5, 5.41) is 0. The quantitative estimate of drug-likeness (QED) is 0.406. The Morgan fingerprint density at radius 3 is 1.04 bits per heavy atom. The number of alkyl halides is 2. The minimum absolute atomic E-state index is 0.179. The van der Waals surface area contributed by atoms with Crippen molar-refractivity contribution in [3.63, 3.8) is 0 Å². The van der Waals surface area contributed by atoms with Crippen LogP contribution in [0.1, 0.15) is 55.4 Å². The smallest absolute Gasteiger partial charge is 0.149 e.